The number of carbonyl (C=O) groups is 1. The molecular weight excluding hydrogens is 314 g/mol. The van der Waals surface area contributed by atoms with Crippen LogP contribution < -0.4 is 10.1 Å². The third-order valence-electron chi connectivity index (χ3n) is 4.79. The van der Waals surface area contributed by atoms with Gasteiger partial charge < -0.3 is 10.1 Å². The second-order valence-corrected chi connectivity index (χ2v) is 7.22. The first-order valence-corrected chi connectivity index (χ1v) is 9.11. The molecule has 3 rings (SSSR count). The van der Waals surface area contributed by atoms with E-state index in [4.69, 9.17) is 4.74 Å². The zero-order valence-electron chi connectivity index (χ0n) is 15.3. The molecular formula is C20H27N3O2. The van der Waals surface area contributed by atoms with Gasteiger partial charge in [0.15, 0.2) is 0 Å². The van der Waals surface area contributed by atoms with Crippen molar-refractivity contribution in [1.82, 2.24) is 10.2 Å². The van der Waals surface area contributed by atoms with Gasteiger partial charge in [-0.15, -0.1) is 0 Å². The minimum Gasteiger partial charge on any atom is -0.497 e. The number of methoxy groups -OCH3 is 1. The lowest BCUT2D eigenvalue weighted by Crippen LogP contribution is -2.21. The summed E-state index contributed by atoms with van der Waals surface area (Å²) in [5.74, 6) is 1.54. The summed E-state index contributed by atoms with van der Waals surface area (Å²) >= 11 is 0. The summed E-state index contributed by atoms with van der Waals surface area (Å²) < 4.78 is 5.23. The lowest BCUT2D eigenvalue weighted by molar-refractivity contribution is -0.119. The third kappa shape index (κ3) is 4.03. The monoisotopic (exact) mass is 341 g/mol. The molecule has 1 aromatic heterocycles. The molecule has 1 amide bonds. The molecule has 0 atom stereocenters. The normalized spacial score (nSPS) is 14.9. The van der Waals surface area contributed by atoms with Gasteiger partial charge in [-0.2, -0.15) is 5.10 Å². The molecule has 2 aromatic rings. The molecule has 0 unspecified atom stereocenters. The molecule has 134 valence electrons. The zero-order chi connectivity index (χ0) is 17.8. The second kappa shape index (κ2) is 7.72. The molecule has 0 aliphatic heterocycles. The standard InChI is InChI=1S/C20H27N3O2/c1-13(2)12-17-19(21-20(24)15-6-4-5-7-15)18(23-22-17)14-8-10-16(25-3)11-9-14/h8-11,13,15H,4-7,12H2,1-3H3,(H,21,24)(H,22,23). The van der Waals surface area contributed by atoms with Crippen LogP contribution in [0, 0.1) is 11.8 Å². The number of ether oxygens (including phenoxy) is 1. The first kappa shape index (κ1) is 17.5. The number of amides is 1. The highest BCUT2D eigenvalue weighted by Crippen LogP contribution is 2.33. The van der Waals surface area contributed by atoms with E-state index in [9.17, 15) is 4.79 Å². The van der Waals surface area contributed by atoms with Crippen molar-refractivity contribution in [3.8, 4) is 17.0 Å². The number of carbonyl (C=O) groups excluding carboxylic acids is 1. The predicted octanol–water partition coefficient (Wildman–Crippen LogP) is 4.41. The molecule has 1 fully saturated rings. The number of aromatic amines is 1. The summed E-state index contributed by atoms with van der Waals surface area (Å²) in [6.45, 7) is 4.33. The van der Waals surface area contributed by atoms with E-state index in [-0.39, 0.29) is 11.8 Å². The largest absolute Gasteiger partial charge is 0.497 e. The summed E-state index contributed by atoms with van der Waals surface area (Å²) in [4.78, 5) is 12.7. The Bertz CT molecular complexity index is 713. The molecule has 1 aliphatic rings. The Morgan fingerprint density at radius 3 is 2.56 bits per heavy atom. The van der Waals surface area contributed by atoms with E-state index in [0.29, 0.717) is 5.92 Å². The van der Waals surface area contributed by atoms with Crippen LogP contribution >= 0.6 is 0 Å². The van der Waals surface area contributed by atoms with Crippen LogP contribution in [0.1, 0.15) is 45.2 Å². The third-order valence-corrected chi connectivity index (χ3v) is 4.79. The Hall–Kier alpha value is -2.30. The van der Waals surface area contributed by atoms with Gasteiger partial charge in [0, 0.05) is 11.5 Å². The maximum atomic E-state index is 12.7. The second-order valence-electron chi connectivity index (χ2n) is 7.22. The Kier molecular flexibility index (Phi) is 5.41. The number of anilines is 1. The van der Waals surface area contributed by atoms with Crippen LogP contribution in [-0.4, -0.2) is 23.2 Å². The molecule has 5 nitrogen and oxygen atoms in total. The van der Waals surface area contributed by atoms with E-state index >= 15 is 0 Å². The molecule has 1 aromatic carbocycles. The minimum atomic E-state index is 0.124. The minimum absolute atomic E-state index is 0.124. The number of rotatable bonds is 6. The Morgan fingerprint density at radius 2 is 1.96 bits per heavy atom. The van der Waals surface area contributed by atoms with Crippen LogP contribution in [0.25, 0.3) is 11.3 Å². The highest BCUT2D eigenvalue weighted by atomic mass is 16.5. The smallest absolute Gasteiger partial charge is 0.227 e. The summed E-state index contributed by atoms with van der Waals surface area (Å²) in [6, 6.07) is 7.77. The number of nitrogens with zero attached hydrogens (tertiary/aromatic N) is 1. The van der Waals surface area contributed by atoms with Crippen molar-refractivity contribution in [3.63, 3.8) is 0 Å². The molecule has 0 radical (unpaired) electrons. The Morgan fingerprint density at radius 1 is 1.28 bits per heavy atom. The first-order chi connectivity index (χ1) is 12.1. The molecule has 0 spiro atoms. The van der Waals surface area contributed by atoms with E-state index in [0.717, 1.165) is 60.5 Å². The highest BCUT2D eigenvalue weighted by molar-refractivity contribution is 5.97. The molecule has 1 heterocycles. The van der Waals surface area contributed by atoms with Crippen molar-refractivity contribution in [2.24, 2.45) is 11.8 Å². The van der Waals surface area contributed by atoms with Crippen molar-refractivity contribution in [3.05, 3.63) is 30.0 Å². The van der Waals surface area contributed by atoms with Gasteiger partial charge in [0.1, 0.15) is 11.4 Å². The topological polar surface area (TPSA) is 67.0 Å². The summed E-state index contributed by atoms with van der Waals surface area (Å²) in [5.41, 5.74) is 3.58. The maximum Gasteiger partial charge on any atom is 0.227 e. The van der Waals surface area contributed by atoms with Crippen LogP contribution in [0.15, 0.2) is 24.3 Å². The lowest BCUT2D eigenvalue weighted by atomic mass is 10.0. The summed E-state index contributed by atoms with van der Waals surface area (Å²) in [7, 11) is 1.65. The van der Waals surface area contributed by atoms with Gasteiger partial charge in [0.2, 0.25) is 5.91 Å². The average Bonchev–Trinajstić information content (AvgIpc) is 3.26. The van der Waals surface area contributed by atoms with Gasteiger partial charge in [0.05, 0.1) is 18.5 Å². The number of aromatic nitrogens is 2. The van der Waals surface area contributed by atoms with Crippen LogP contribution in [0.2, 0.25) is 0 Å². The van der Waals surface area contributed by atoms with Gasteiger partial charge in [-0.05, 0) is 49.4 Å². The van der Waals surface area contributed by atoms with Gasteiger partial charge in [-0.3, -0.25) is 9.89 Å². The molecule has 1 saturated carbocycles. The Labute approximate surface area is 149 Å². The van der Waals surface area contributed by atoms with Gasteiger partial charge in [0.25, 0.3) is 0 Å². The number of benzene rings is 1. The maximum absolute atomic E-state index is 12.7. The van der Waals surface area contributed by atoms with E-state index in [1.165, 1.54) is 0 Å². The fourth-order valence-electron chi connectivity index (χ4n) is 3.44. The van der Waals surface area contributed by atoms with Gasteiger partial charge in [-0.1, -0.05) is 26.7 Å². The molecule has 25 heavy (non-hydrogen) atoms. The molecule has 5 heteroatoms. The summed E-state index contributed by atoms with van der Waals surface area (Å²) in [6.07, 6.45) is 5.12. The number of hydrogen-bond donors (Lipinski definition) is 2. The molecule has 1 aliphatic carbocycles. The number of H-pyrrole nitrogens is 1. The average molecular weight is 341 g/mol. The van der Waals surface area contributed by atoms with Crippen LogP contribution in [-0.2, 0) is 11.2 Å². The van der Waals surface area contributed by atoms with E-state index < -0.39 is 0 Å². The molecule has 0 saturated heterocycles. The number of nitrogens with one attached hydrogen (secondary N) is 2. The fourth-order valence-corrected chi connectivity index (χ4v) is 3.44. The van der Waals surface area contributed by atoms with Gasteiger partial charge in [-0.25, -0.2) is 0 Å². The van der Waals surface area contributed by atoms with Gasteiger partial charge >= 0.3 is 0 Å². The van der Waals surface area contributed by atoms with E-state index in [1.807, 2.05) is 24.3 Å². The Balaban J connectivity index is 1.91. The van der Waals surface area contributed by atoms with Crippen LogP contribution in [0.3, 0.4) is 0 Å². The highest BCUT2D eigenvalue weighted by Gasteiger charge is 2.25. The van der Waals surface area contributed by atoms with Crippen molar-refractivity contribution >= 4 is 11.6 Å². The number of hydrogen-bond acceptors (Lipinski definition) is 3. The van der Waals surface area contributed by atoms with Crippen molar-refractivity contribution in [2.75, 3.05) is 12.4 Å². The van der Waals surface area contributed by atoms with E-state index in [1.54, 1.807) is 7.11 Å². The van der Waals surface area contributed by atoms with Crippen LogP contribution in [0.5, 0.6) is 5.75 Å². The quantitative estimate of drug-likeness (QED) is 0.817. The van der Waals surface area contributed by atoms with Crippen LogP contribution in [0.4, 0.5) is 5.69 Å². The zero-order valence-corrected chi connectivity index (χ0v) is 15.3. The SMILES string of the molecule is COc1ccc(-c2n[nH]c(CC(C)C)c2NC(=O)C2CCCC2)cc1. The molecule has 0 bridgehead atoms. The lowest BCUT2D eigenvalue weighted by Gasteiger charge is -2.13. The first-order valence-electron chi connectivity index (χ1n) is 9.11. The summed E-state index contributed by atoms with van der Waals surface area (Å²) in [5, 5.41) is 10.8. The van der Waals surface area contributed by atoms with E-state index in [2.05, 4.69) is 29.4 Å². The van der Waals surface area contributed by atoms with Crippen molar-refractivity contribution < 1.29 is 9.53 Å². The van der Waals surface area contributed by atoms with Crippen molar-refractivity contribution in [2.45, 2.75) is 46.0 Å². The molecule has 2 N–H and O–H groups in total. The predicted molar refractivity (Wildman–Crippen MR) is 99.7 cm³/mol. The van der Waals surface area contributed by atoms with Crippen molar-refractivity contribution in [1.29, 1.82) is 0 Å². The fraction of sp³-hybridized carbons (Fsp3) is 0.500.